The largest absolute Gasteiger partial charge is 0.497 e. The molecule has 2 heterocycles. The van der Waals surface area contributed by atoms with Crippen LogP contribution in [0.5, 0.6) is 5.75 Å². The van der Waals surface area contributed by atoms with Crippen LogP contribution >= 0.6 is 23.4 Å². The van der Waals surface area contributed by atoms with Crippen molar-refractivity contribution in [2.24, 2.45) is 0 Å². The van der Waals surface area contributed by atoms with E-state index in [4.69, 9.17) is 16.3 Å². The molecule has 0 aromatic heterocycles. The molecule has 0 bridgehead atoms. The summed E-state index contributed by atoms with van der Waals surface area (Å²) >= 11 is 7.90. The summed E-state index contributed by atoms with van der Waals surface area (Å²) in [7, 11) is 1.60. The number of likely N-dealkylation sites (tertiary alicyclic amines) is 1. The number of benzene rings is 2. The van der Waals surface area contributed by atoms with E-state index in [1.54, 1.807) is 31.4 Å². The Kier molecular flexibility index (Phi) is 6.11. The Labute approximate surface area is 185 Å². The van der Waals surface area contributed by atoms with E-state index in [9.17, 15) is 9.59 Å². The van der Waals surface area contributed by atoms with Gasteiger partial charge < -0.3 is 19.9 Å². The Balaban J connectivity index is 1.41. The maximum Gasteiger partial charge on any atom is 0.321 e. The molecule has 158 valence electrons. The highest BCUT2D eigenvalue weighted by molar-refractivity contribution is 8.00. The number of hydrogen-bond donors (Lipinski definition) is 1. The summed E-state index contributed by atoms with van der Waals surface area (Å²) in [6.45, 7) is 1.91. The van der Waals surface area contributed by atoms with E-state index >= 15 is 0 Å². The third kappa shape index (κ3) is 4.23. The summed E-state index contributed by atoms with van der Waals surface area (Å²) in [5.41, 5.74) is 1.32. The lowest BCUT2D eigenvalue weighted by atomic mass is 10.0. The molecule has 3 amide bonds. The lowest BCUT2D eigenvalue weighted by Gasteiger charge is -2.44. The lowest BCUT2D eigenvalue weighted by molar-refractivity contribution is 0.0585. The average molecular weight is 446 g/mol. The second-order valence-corrected chi connectivity index (χ2v) is 9.30. The number of methoxy groups -OCH3 is 1. The fourth-order valence-corrected chi connectivity index (χ4v) is 5.69. The smallest absolute Gasteiger partial charge is 0.321 e. The standard InChI is InChI=1S/C22H24ClN3O3S/c1-29-19-7-3-6-18(15-19)24-21(28)25-10-8-22(9-11-25)26(12-13-30-22)20(27)16-4-2-5-17(23)14-16/h2-7,14-15H,8-13H2,1H3,(H,24,28). The number of halogens is 1. The normalized spacial score (nSPS) is 17.8. The Hall–Kier alpha value is -2.38. The summed E-state index contributed by atoms with van der Waals surface area (Å²) in [5.74, 6) is 1.61. The number of amides is 3. The lowest BCUT2D eigenvalue weighted by Crippen LogP contribution is -2.54. The van der Waals surface area contributed by atoms with Gasteiger partial charge in [0.25, 0.3) is 5.91 Å². The van der Waals surface area contributed by atoms with Gasteiger partial charge in [0.05, 0.1) is 12.0 Å². The Bertz CT molecular complexity index is 947. The average Bonchev–Trinajstić information content (AvgIpc) is 3.16. The molecule has 2 aromatic carbocycles. The van der Waals surface area contributed by atoms with Gasteiger partial charge in [0.1, 0.15) is 5.75 Å². The zero-order valence-electron chi connectivity index (χ0n) is 16.8. The van der Waals surface area contributed by atoms with Crippen molar-refractivity contribution in [3.8, 4) is 5.75 Å². The minimum absolute atomic E-state index is 0.0109. The summed E-state index contributed by atoms with van der Waals surface area (Å²) < 4.78 is 5.21. The maximum absolute atomic E-state index is 13.1. The molecule has 30 heavy (non-hydrogen) atoms. The maximum atomic E-state index is 13.1. The van der Waals surface area contributed by atoms with E-state index in [2.05, 4.69) is 5.32 Å². The molecular formula is C22H24ClN3O3S. The highest BCUT2D eigenvalue weighted by Gasteiger charge is 2.47. The molecule has 1 spiro atoms. The fraction of sp³-hybridized carbons (Fsp3) is 0.364. The van der Waals surface area contributed by atoms with Crippen LogP contribution in [0.3, 0.4) is 0 Å². The predicted molar refractivity (Wildman–Crippen MR) is 120 cm³/mol. The predicted octanol–water partition coefficient (Wildman–Crippen LogP) is 4.56. The zero-order valence-corrected chi connectivity index (χ0v) is 18.3. The molecule has 2 aliphatic rings. The van der Waals surface area contributed by atoms with Crippen LogP contribution < -0.4 is 10.1 Å². The number of thioether (sulfide) groups is 1. The van der Waals surface area contributed by atoms with Gasteiger partial charge in [-0.1, -0.05) is 23.7 Å². The second-order valence-electron chi connectivity index (χ2n) is 7.41. The minimum Gasteiger partial charge on any atom is -0.497 e. The number of urea groups is 1. The summed E-state index contributed by atoms with van der Waals surface area (Å²) in [6, 6.07) is 14.3. The molecule has 2 aliphatic heterocycles. The number of nitrogens with one attached hydrogen (secondary N) is 1. The van der Waals surface area contributed by atoms with Gasteiger partial charge >= 0.3 is 6.03 Å². The van der Waals surface area contributed by atoms with E-state index in [0.717, 1.165) is 18.6 Å². The third-order valence-corrected chi connectivity index (χ3v) is 7.43. The van der Waals surface area contributed by atoms with Gasteiger partial charge in [0, 0.05) is 47.7 Å². The third-order valence-electron chi connectivity index (χ3n) is 5.65. The first-order valence-corrected chi connectivity index (χ1v) is 11.3. The van der Waals surface area contributed by atoms with E-state index < -0.39 is 0 Å². The molecule has 0 aliphatic carbocycles. The Morgan fingerprint density at radius 2 is 1.87 bits per heavy atom. The van der Waals surface area contributed by atoms with Crippen molar-refractivity contribution in [2.45, 2.75) is 17.7 Å². The molecule has 0 atom stereocenters. The molecule has 6 nitrogen and oxygen atoms in total. The first-order chi connectivity index (χ1) is 14.5. The monoisotopic (exact) mass is 445 g/mol. The zero-order chi connectivity index (χ0) is 21.1. The highest BCUT2D eigenvalue weighted by atomic mass is 35.5. The van der Waals surface area contributed by atoms with Gasteiger partial charge in [-0.25, -0.2) is 4.79 Å². The molecule has 0 unspecified atom stereocenters. The van der Waals surface area contributed by atoms with Gasteiger partial charge in [-0.05, 0) is 43.2 Å². The van der Waals surface area contributed by atoms with E-state index in [1.807, 2.05) is 45.8 Å². The topological polar surface area (TPSA) is 61.9 Å². The van der Waals surface area contributed by atoms with Crippen molar-refractivity contribution >= 4 is 41.0 Å². The molecule has 2 saturated heterocycles. The molecule has 1 N–H and O–H groups in total. The van der Waals surface area contributed by atoms with Gasteiger partial charge in [0.2, 0.25) is 0 Å². The molecule has 2 aromatic rings. The van der Waals surface area contributed by atoms with E-state index in [-0.39, 0.29) is 16.8 Å². The summed E-state index contributed by atoms with van der Waals surface area (Å²) in [6.07, 6.45) is 1.49. The molecule has 0 radical (unpaired) electrons. The first-order valence-electron chi connectivity index (χ1n) is 9.92. The number of anilines is 1. The Morgan fingerprint density at radius 1 is 1.10 bits per heavy atom. The number of nitrogens with zero attached hydrogens (tertiary/aromatic N) is 2. The van der Waals surface area contributed by atoms with E-state index in [0.29, 0.717) is 41.7 Å². The summed E-state index contributed by atoms with van der Waals surface area (Å²) in [4.78, 5) is 29.4. The molecule has 0 saturated carbocycles. The molecule has 4 rings (SSSR count). The van der Waals surface area contributed by atoms with Crippen LogP contribution in [0.15, 0.2) is 48.5 Å². The molecule has 2 fully saturated rings. The molecular weight excluding hydrogens is 422 g/mol. The van der Waals surface area contributed by atoms with Gasteiger partial charge in [-0.15, -0.1) is 11.8 Å². The van der Waals surface area contributed by atoms with Crippen LogP contribution in [0.2, 0.25) is 5.02 Å². The van der Waals surface area contributed by atoms with Gasteiger partial charge in [-0.2, -0.15) is 0 Å². The second kappa shape index (κ2) is 8.78. The van der Waals surface area contributed by atoms with Crippen molar-refractivity contribution in [1.82, 2.24) is 9.80 Å². The van der Waals surface area contributed by atoms with Gasteiger partial charge in [-0.3, -0.25) is 4.79 Å². The number of carbonyl (C=O) groups excluding carboxylic acids is 2. The summed E-state index contributed by atoms with van der Waals surface area (Å²) in [5, 5.41) is 3.50. The first kappa shape index (κ1) is 20.9. The number of carbonyl (C=O) groups is 2. The number of rotatable bonds is 3. The van der Waals surface area contributed by atoms with Crippen molar-refractivity contribution in [1.29, 1.82) is 0 Å². The van der Waals surface area contributed by atoms with Crippen molar-refractivity contribution in [3.05, 3.63) is 59.1 Å². The van der Waals surface area contributed by atoms with Crippen molar-refractivity contribution in [3.63, 3.8) is 0 Å². The van der Waals surface area contributed by atoms with Gasteiger partial charge in [0.15, 0.2) is 0 Å². The van der Waals surface area contributed by atoms with Crippen molar-refractivity contribution in [2.75, 3.05) is 37.8 Å². The van der Waals surface area contributed by atoms with Crippen LogP contribution in [0.4, 0.5) is 10.5 Å². The quantitative estimate of drug-likeness (QED) is 0.752. The number of piperidine rings is 1. The number of ether oxygens (including phenoxy) is 1. The van der Waals surface area contributed by atoms with Crippen LogP contribution in [-0.2, 0) is 0 Å². The minimum atomic E-state index is -0.258. The Morgan fingerprint density at radius 3 is 2.60 bits per heavy atom. The van der Waals surface area contributed by atoms with E-state index in [1.165, 1.54) is 0 Å². The van der Waals surface area contributed by atoms with Crippen LogP contribution in [-0.4, -0.2) is 59.1 Å². The SMILES string of the molecule is COc1cccc(NC(=O)N2CCC3(CC2)SCCN3C(=O)c2cccc(Cl)c2)c1. The number of hydrogen-bond acceptors (Lipinski definition) is 4. The van der Waals surface area contributed by atoms with Crippen LogP contribution in [0.25, 0.3) is 0 Å². The molecule has 8 heteroatoms. The van der Waals surface area contributed by atoms with Crippen LogP contribution in [0.1, 0.15) is 23.2 Å². The van der Waals surface area contributed by atoms with Crippen LogP contribution in [0, 0.1) is 0 Å². The van der Waals surface area contributed by atoms with Crippen molar-refractivity contribution < 1.29 is 14.3 Å². The highest BCUT2D eigenvalue weighted by Crippen LogP contribution is 2.44. The fourth-order valence-electron chi connectivity index (χ4n) is 4.05.